The number of benzene rings is 1. The number of carbonyl (C=O) groups is 1. The SMILES string of the molecule is CCNCC(=O)Nc1ccc2ncoc2c1. The lowest BCUT2D eigenvalue weighted by molar-refractivity contribution is -0.115. The largest absolute Gasteiger partial charge is 0.443 e. The van der Waals surface area contributed by atoms with Gasteiger partial charge in [0.25, 0.3) is 0 Å². The molecule has 1 aromatic heterocycles. The fraction of sp³-hybridized carbons (Fsp3) is 0.273. The summed E-state index contributed by atoms with van der Waals surface area (Å²) in [5, 5.41) is 5.72. The van der Waals surface area contributed by atoms with Crippen molar-refractivity contribution in [2.45, 2.75) is 6.92 Å². The molecule has 0 bridgehead atoms. The van der Waals surface area contributed by atoms with Crippen molar-refractivity contribution in [2.75, 3.05) is 18.4 Å². The number of hydrogen-bond donors (Lipinski definition) is 2. The van der Waals surface area contributed by atoms with E-state index in [2.05, 4.69) is 15.6 Å². The zero-order valence-electron chi connectivity index (χ0n) is 8.99. The molecule has 0 aliphatic rings. The Morgan fingerprint density at radius 3 is 3.19 bits per heavy atom. The van der Waals surface area contributed by atoms with Gasteiger partial charge >= 0.3 is 0 Å². The van der Waals surface area contributed by atoms with E-state index in [9.17, 15) is 4.79 Å². The van der Waals surface area contributed by atoms with Crippen LogP contribution in [0.1, 0.15) is 6.92 Å². The van der Waals surface area contributed by atoms with E-state index < -0.39 is 0 Å². The van der Waals surface area contributed by atoms with Crippen molar-refractivity contribution in [2.24, 2.45) is 0 Å². The standard InChI is InChI=1S/C11H13N3O2/c1-2-12-6-11(15)14-8-3-4-9-10(5-8)16-7-13-9/h3-5,7,12H,2,6H2,1H3,(H,14,15). The average molecular weight is 219 g/mol. The van der Waals surface area contributed by atoms with E-state index >= 15 is 0 Å². The zero-order chi connectivity index (χ0) is 11.4. The van der Waals surface area contributed by atoms with Crippen LogP contribution in [0.5, 0.6) is 0 Å². The molecule has 0 saturated carbocycles. The Labute approximate surface area is 92.8 Å². The number of oxazole rings is 1. The van der Waals surface area contributed by atoms with Gasteiger partial charge in [-0.25, -0.2) is 4.98 Å². The Balaban J connectivity index is 2.06. The number of fused-ring (bicyclic) bond motifs is 1. The number of carbonyl (C=O) groups excluding carboxylic acids is 1. The minimum atomic E-state index is -0.0688. The third kappa shape index (κ3) is 2.38. The number of likely N-dealkylation sites (N-methyl/N-ethyl adjacent to an activating group) is 1. The first-order valence-corrected chi connectivity index (χ1v) is 5.13. The molecule has 0 aliphatic carbocycles. The molecule has 16 heavy (non-hydrogen) atoms. The van der Waals surface area contributed by atoms with Crippen molar-refractivity contribution in [1.29, 1.82) is 0 Å². The minimum absolute atomic E-state index is 0.0688. The van der Waals surface area contributed by atoms with E-state index in [-0.39, 0.29) is 5.91 Å². The van der Waals surface area contributed by atoms with Gasteiger partial charge in [-0.05, 0) is 18.7 Å². The van der Waals surface area contributed by atoms with E-state index in [1.165, 1.54) is 6.39 Å². The van der Waals surface area contributed by atoms with Gasteiger partial charge in [0.15, 0.2) is 12.0 Å². The van der Waals surface area contributed by atoms with Crippen LogP contribution in [-0.2, 0) is 4.79 Å². The molecule has 1 aromatic carbocycles. The molecule has 0 radical (unpaired) electrons. The number of aromatic nitrogens is 1. The van der Waals surface area contributed by atoms with Gasteiger partial charge in [-0.2, -0.15) is 0 Å². The Morgan fingerprint density at radius 1 is 1.50 bits per heavy atom. The summed E-state index contributed by atoms with van der Waals surface area (Å²) in [4.78, 5) is 15.4. The first-order valence-electron chi connectivity index (χ1n) is 5.13. The maximum atomic E-state index is 11.4. The number of amides is 1. The van der Waals surface area contributed by atoms with Crippen molar-refractivity contribution < 1.29 is 9.21 Å². The van der Waals surface area contributed by atoms with E-state index in [0.29, 0.717) is 17.8 Å². The van der Waals surface area contributed by atoms with Crippen LogP contribution in [0, 0.1) is 0 Å². The van der Waals surface area contributed by atoms with Crippen LogP contribution in [0.25, 0.3) is 11.1 Å². The van der Waals surface area contributed by atoms with E-state index in [4.69, 9.17) is 4.42 Å². The average Bonchev–Trinajstić information content (AvgIpc) is 2.73. The highest BCUT2D eigenvalue weighted by Gasteiger charge is 2.03. The lowest BCUT2D eigenvalue weighted by Crippen LogP contribution is -2.27. The first-order chi connectivity index (χ1) is 7.79. The van der Waals surface area contributed by atoms with Crippen LogP contribution >= 0.6 is 0 Å². The second-order valence-electron chi connectivity index (χ2n) is 3.36. The maximum absolute atomic E-state index is 11.4. The van der Waals surface area contributed by atoms with Crippen LogP contribution in [0.4, 0.5) is 5.69 Å². The number of rotatable bonds is 4. The summed E-state index contributed by atoms with van der Waals surface area (Å²) in [5.74, 6) is -0.0688. The fourth-order valence-electron chi connectivity index (χ4n) is 1.38. The van der Waals surface area contributed by atoms with Crippen molar-refractivity contribution >= 4 is 22.7 Å². The number of nitrogens with zero attached hydrogens (tertiary/aromatic N) is 1. The summed E-state index contributed by atoms with van der Waals surface area (Å²) in [6.45, 7) is 3.04. The highest BCUT2D eigenvalue weighted by Crippen LogP contribution is 2.17. The van der Waals surface area contributed by atoms with Gasteiger partial charge < -0.3 is 15.1 Å². The second kappa shape index (κ2) is 4.76. The van der Waals surface area contributed by atoms with Crippen molar-refractivity contribution in [3.63, 3.8) is 0 Å². The van der Waals surface area contributed by atoms with Crippen LogP contribution in [0.15, 0.2) is 29.0 Å². The summed E-state index contributed by atoms with van der Waals surface area (Å²) in [5.41, 5.74) is 2.16. The molecule has 84 valence electrons. The monoisotopic (exact) mass is 219 g/mol. The maximum Gasteiger partial charge on any atom is 0.238 e. The number of hydrogen-bond acceptors (Lipinski definition) is 4. The quantitative estimate of drug-likeness (QED) is 0.815. The predicted octanol–water partition coefficient (Wildman–Crippen LogP) is 1.38. The molecule has 2 N–H and O–H groups in total. The smallest absolute Gasteiger partial charge is 0.238 e. The zero-order valence-corrected chi connectivity index (χ0v) is 8.99. The Bertz CT molecular complexity index is 493. The normalized spacial score (nSPS) is 10.6. The lowest BCUT2D eigenvalue weighted by Gasteiger charge is -2.04. The molecule has 5 heteroatoms. The molecule has 5 nitrogen and oxygen atoms in total. The van der Waals surface area contributed by atoms with Gasteiger partial charge in [0.2, 0.25) is 5.91 Å². The summed E-state index contributed by atoms with van der Waals surface area (Å²) in [7, 11) is 0. The second-order valence-corrected chi connectivity index (χ2v) is 3.36. The first kappa shape index (κ1) is 10.6. The van der Waals surface area contributed by atoms with Crippen LogP contribution < -0.4 is 10.6 Å². The summed E-state index contributed by atoms with van der Waals surface area (Å²) < 4.78 is 5.14. The molecular formula is C11H13N3O2. The molecule has 0 aliphatic heterocycles. The topological polar surface area (TPSA) is 67.2 Å². The molecule has 1 amide bonds. The van der Waals surface area contributed by atoms with Gasteiger partial charge in [-0.3, -0.25) is 4.79 Å². The van der Waals surface area contributed by atoms with Crippen molar-refractivity contribution in [3.8, 4) is 0 Å². The van der Waals surface area contributed by atoms with Gasteiger partial charge in [-0.15, -0.1) is 0 Å². The lowest BCUT2D eigenvalue weighted by atomic mass is 10.3. The number of anilines is 1. The van der Waals surface area contributed by atoms with E-state index in [0.717, 1.165) is 12.1 Å². The van der Waals surface area contributed by atoms with Crippen LogP contribution in [0.2, 0.25) is 0 Å². The molecule has 0 unspecified atom stereocenters. The molecule has 0 fully saturated rings. The van der Waals surface area contributed by atoms with Gasteiger partial charge in [-0.1, -0.05) is 6.92 Å². The molecule has 0 spiro atoms. The molecule has 2 aromatic rings. The van der Waals surface area contributed by atoms with Gasteiger partial charge in [0.1, 0.15) is 5.52 Å². The molecule has 0 saturated heterocycles. The summed E-state index contributed by atoms with van der Waals surface area (Å²) >= 11 is 0. The molecule has 0 atom stereocenters. The molecule has 1 heterocycles. The summed E-state index contributed by atoms with van der Waals surface area (Å²) in [6.07, 6.45) is 1.38. The van der Waals surface area contributed by atoms with Crippen molar-refractivity contribution in [3.05, 3.63) is 24.6 Å². The van der Waals surface area contributed by atoms with Crippen LogP contribution in [0.3, 0.4) is 0 Å². The predicted molar refractivity (Wildman–Crippen MR) is 61.2 cm³/mol. The molecular weight excluding hydrogens is 206 g/mol. The Kier molecular flexibility index (Phi) is 3.16. The highest BCUT2D eigenvalue weighted by molar-refractivity contribution is 5.93. The van der Waals surface area contributed by atoms with E-state index in [1.54, 1.807) is 12.1 Å². The van der Waals surface area contributed by atoms with Gasteiger partial charge in [0, 0.05) is 11.8 Å². The van der Waals surface area contributed by atoms with Gasteiger partial charge in [0.05, 0.1) is 6.54 Å². The molecule has 2 rings (SSSR count). The highest BCUT2D eigenvalue weighted by atomic mass is 16.3. The fourth-order valence-corrected chi connectivity index (χ4v) is 1.38. The third-order valence-electron chi connectivity index (χ3n) is 2.15. The van der Waals surface area contributed by atoms with Crippen molar-refractivity contribution in [1.82, 2.24) is 10.3 Å². The van der Waals surface area contributed by atoms with Crippen LogP contribution in [-0.4, -0.2) is 24.0 Å². The van der Waals surface area contributed by atoms with E-state index in [1.807, 2.05) is 13.0 Å². The Hall–Kier alpha value is -1.88. The minimum Gasteiger partial charge on any atom is -0.443 e. The number of nitrogens with one attached hydrogen (secondary N) is 2. The summed E-state index contributed by atoms with van der Waals surface area (Å²) in [6, 6.07) is 5.36. The Morgan fingerprint density at radius 2 is 2.38 bits per heavy atom. The third-order valence-corrected chi connectivity index (χ3v) is 2.15.